The zero-order valence-electron chi connectivity index (χ0n) is 13.6. The summed E-state index contributed by atoms with van der Waals surface area (Å²) < 4.78 is 30.0. The summed E-state index contributed by atoms with van der Waals surface area (Å²) in [6.07, 6.45) is 2.20. The van der Waals surface area contributed by atoms with Gasteiger partial charge < -0.3 is 10.1 Å². The lowest BCUT2D eigenvalue weighted by Gasteiger charge is -2.30. The molecule has 0 aromatic heterocycles. The molecule has 0 saturated carbocycles. The average Bonchev–Trinajstić information content (AvgIpc) is 2.53. The second kappa shape index (κ2) is 7.79. The number of amides is 1. The van der Waals surface area contributed by atoms with Crippen molar-refractivity contribution in [1.29, 1.82) is 0 Å². The summed E-state index contributed by atoms with van der Waals surface area (Å²) >= 11 is 0. The summed E-state index contributed by atoms with van der Waals surface area (Å²) in [4.78, 5) is 12.1. The van der Waals surface area contributed by atoms with Gasteiger partial charge in [0.1, 0.15) is 5.75 Å². The summed E-state index contributed by atoms with van der Waals surface area (Å²) in [5.41, 5.74) is 0. The Balaban J connectivity index is 1.73. The fourth-order valence-electron chi connectivity index (χ4n) is 2.59. The number of ether oxygens (including phenoxy) is 1. The molecule has 1 saturated heterocycles. The molecule has 1 N–H and O–H groups in total. The lowest BCUT2D eigenvalue weighted by Crippen LogP contribution is -2.43. The van der Waals surface area contributed by atoms with Gasteiger partial charge in [-0.05, 0) is 37.8 Å². The van der Waals surface area contributed by atoms with Crippen LogP contribution >= 0.6 is 0 Å². The van der Waals surface area contributed by atoms with E-state index in [1.165, 1.54) is 10.6 Å². The lowest BCUT2D eigenvalue weighted by molar-refractivity contribution is -0.127. The molecule has 23 heavy (non-hydrogen) atoms. The Bertz CT molecular complexity index is 610. The second-order valence-corrected chi connectivity index (χ2v) is 7.91. The summed E-state index contributed by atoms with van der Waals surface area (Å²) in [5.74, 6) is 0.817. The van der Waals surface area contributed by atoms with Gasteiger partial charge in [-0.3, -0.25) is 4.79 Å². The molecular weight excluding hydrogens is 316 g/mol. The molecule has 0 bridgehead atoms. The molecule has 1 aromatic carbocycles. The number of piperidine rings is 1. The molecule has 6 nitrogen and oxygen atoms in total. The monoisotopic (exact) mass is 340 g/mol. The van der Waals surface area contributed by atoms with E-state index in [0.717, 1.165) is 12.8 Å². The SMILES string of the molecule is CC(Oc1ccccc1)C(=O)NCC1CCN(S(C)(=O)=O)CC1. The molecule has 1 heterocycles. The molecule has 0 aliphatic carbocycles. The minimum atomic E-state index is -3.10. The van der Waals surface area contributed by atoms with Gasteiger partial charge in [0.05, 0.1) is 6.26 Å². The summed E-state index contributed by atoms with van der Waals surface area (Å²) in [6.45, 7) is 3.32. The zero-order valence-corrected chi connectivity index (χ0v) is 14.4. The summed E-state index contributed by atoms with van der Waals surface area (Å²) in [5, 5.41) is 2.89. The topological polar surface area (TPSA) is 75.7 Å². The quantitative estimate of drug-likeness (QED) is 0.845. The number of carbonyl (C=O) groups excluding carboxylic acids is 1. The van der Waals surface area contributed by atoms with Crippen molar-refractivity contribution in [2.45, 2.75) is 25.9 Å². The number of sulfonamides is 1. The largest absolute Gasteiger partial charge is 0.481 e. The Morgan fingerprint density at radius 3 is 2.48 bits per heavy atom. The van der Waals surface area contributed by atoms with Crippen molar-refractivity contribution in [3.63, 3.8) is 0 Å². The van der Waals surface area contributed by atoms with Crippen LogP contribution in [-0.4, -0.2) is 50.6 Å². The number of rotatable bonds is 6. The molecule has 1 aliphatic heterocycles. The zero-order chi connectivity index (χ0) is 16.9. The molecule has 7 heteroatoms. The van der Waals surface area contributed by atoms with Crippen LogP contribution in [0.5, 0.6) is 5.75 Å². The Kier molecular flexibility index (Phi) is 6.01. The number of para-hydroxylation sites is 1. The standard InChI is InChI=1S/C16H24N2O4S/c1-13(22-15-6-4-3-5-7-15)16(19)17-12-14-8-10-18(11-9-14)23(2,20)21/h3-7,13-14H,8-12H2,1-2H3,(H,17,19). The van der Waals surface area contributed by atoms with Gasteiger partial charge in [0.2, 0.25) is 10.0 Å². The molecule has 0 radical (unpaired) electrons. The van der Waals surface area contributed by atoms with Gasteiger partial charge in [0.25, 0.3) is 5.91 Å². The predicted octanol–water partition coefficient (Wildman–Crippen LogP) is 1.24. The van der Waals surface area contributed by atoms with Crippen LogP contribution in [-0.2, 0) is 14.8 Å². The first kappa shape index (κ1) is 17.7. The number of hydrogen-bond acceptors (Lipinski definition) is 4. The maximum absolute atomic E-state index is 12.1. The second-order valence-electron chi connectivity index (χ2n) is 5.92. The maximum Gasteiger partial charge on any atom is 0.260 e. The normalized spacial score (nSPS) is 18.3. The van der Waals surface area contributed by atoms with Crippen LogP contribution in [0.15, 0.2) is 30.3 Å². The van der Waals surface area contributed by atoms with Gasteiger partial charge in [-0.1, -0.05) is 18.2 Å². The van der Waals surface area contributed by atoms with Crippen LogP contribution in [0.4, 0.5) is 0 Å². The van der Waals surface area contributed by atoms with Gasteiger partial charge in [0.15, 0.2) is 6.10 Å². The Labute approximate surface area is 137 Å². The molecule has 1 fully saturated rings. The molecule has 0 spiro atoms. The number of hydrogen-bond donors (Lipinski definition) is 1. The lowest BCUT2D eigenvalue weighted by atomic mass is 9.98. The third-order valence-electron chi connectivity index (χ3n) is 4.03. The van der Waals surface area contributed by atoms with Crippen molar-refractivity contribution in [1.82, 2.24) is 9.62 Å². The van der Waals surface area contributed by atoms with E-state index in [1.807, 2.05) is 30.3 Å². The van der Waals surface area contributed by atoms with E-state index in [0.29, 0.717) is 31.3 Å². The number of nitrogens with one attached hydrogen (secondary N) is 1. The van der Waals surface area contributed by atoms with Gasteiger partial charge in [-0.25, -0.2) is 12.7 Å². The van der Waals surface area contributed by atoms with Crippen LogP contribution in [0, 0.1) is 5.92 Å². The number of carbonyl (C=O) groups is 1. The van der Waals surface area contributed by atoms with Crippen molar-refractivity contribution in [2.75, 3.05) is 25.9 Å². The van der Waals surface area contributed by atoms with E-state index in [2.05, 4.69) is 5.32 Å². The fourth-order valence-corrected chi connectivity index (χ4v) is 3.46. The van der Waals surface area contributed by atoms with Crippen LogP contribution in [0.1, 0.15) is 19.8 Å². The highest BCUT2D eigenvalue weighted by molar-refractivity contribution is 7.88. The smallest absolute Gasteiger partial charge is 0.260 e. The first-order chi connectivity index (χ1) is 10.9. The minimum absolute atomic E-state index is 0.153. The van der Waals surface area contributed by atoms with Crippen molar-refractivity contribution in [2.24, 2.45) is 5.92 Å². The molecule has 1 aliphatic rings. The molecular formula is C16H24N2O4S. The van der Waals surface area contributed by atoms with E-state index in [-0.39, 0.29) is 5.91 Å². The van der Waals surface area contributed by atoms with Crippen molar-refractivity contribution in [3.8, 4) is 5.75 Å². The van der Waals surface area contributed by atoms with Crippen LogP contribution in [0.2, 0.25) is 0 Å². The third-order valence-corrected chi connectivity index (χ3v) is 5.34. The third kappa shape index (κ3) is 5.51. The Hall–Kier alpha value is -1.60. The average molecular weight is 340 g/mol. The highest BCUT2D eigenvalue weighted by atomic mass is 32.2. The van der Waals surface area contributed by atoms with Gasteiger partial charge in [-0.2, -0.15) is 0 Å². The maximum atomic E-state index is 12.1. The minimum Gasteiger partial charge on any atom is -0.481 e. The van der Waals surface area contributed by atoms with E-state index in [4.69, 9.17) is 4.74 Å². The molecule has 1 unspecified atom stereocenters. The molecule has 1 atom stereocenters. The molecule has 1 amide bonds. The van der Waals surface area contributed by atoms with E-state index < -0.39 is 16.1 Å². The predicted molar refractivity (Wildman–Crippen MR) is 88.7 cm³/mol. The van der Waals surface area contributed by atoms with Crippen molar-refractivity contribution < 1.29 is 17.9 Å². The van der Waals surface area contributed by atoms with E-state index in [1.54, 1.807) is 6.92 Å². The van der Waals surface area contributed by atoms with E-state index in [9.17, 15) is 13.2 Å². The first-order valence-corrected chi connectivity index (χ1v) is 9.65. The van der Waals surface area contributed by atoms with Gasteiger partial charge >= 0.3 is 0 Å². The van der Waals surface area contributed by atoms with Crippen LogP contribution in [0.3, 0.4) is 0 Å². The Morgan fingerprint density at radius 1 is 1.30 bits per heavy atom. The summed E-state index contributed by atoms with van der Waals surface area (Å²) in [6, 6.07) is 9.22. The van der Waals surface area contributed by atoms with Crippen molar-refractivity contribution in [3.05, 3.63) is 30.3 Å². The Morgan fingerprint density at radius 2 is 1.91 bits per heavy atom. The van der Waals surface area contributed by atoms with Gasteiger partial charge in [0, 0.05) is 19.6 Å². The molecule has 1 aromatic rings. The highest BCUT2D eigenvalue weighted by Gasteiger charge is 2.25. The number of benzene rings is 1. The molecule has 2 rings (SSSR count). The molecule has 128 valence electrons. The first-order valence-electron chi connectivity index (χ1n) is 7.81. The van der Waals surface area contributed by atoms with Crippen LogP contribution in [0.25, 0.3) is 0 Å². The van der Waals surface area contributed by atoms with Gasteiger partial charge in [-0.15, -0.1) is 0 Å². The highest BCUT2D eigenvalue weighted by Crippen LogP contribution is 2.18. The number of nitrogens with zero attached hydrogens (tertiary/aromatic N) is 1. The van der Waals surface area contributed by atoms with Crippen molar-refractivity contribution >= 4 is 15.9 Å². The van der Waals surface area contributed by atoms with E-state index >= 15 is 0 Å². The fraction of sp³-hybridized carbons (Fsp3) is 0.562. The summed E-state index contributed by atoms with van der Waals surface area (Å²) in [7, 11) is -3.10. The van der Waals surface area contributed by atoms with Crippen LogP contribution < -0.4 is 10.1 Å².